The van der Waals surface area contributed by atoms with Gasteiger partial charge in [-0.15, -0.1) is 0 Å². The number of urea groups is 1. The molecule has 2 aliphatic rings. The number of rotatable bonds is 4. The molecule has 5 nitrogen and oxygen atoms in total. The van der Waals surface area contributed by atoms with Gasteiger partial charge in [-0.3, -0.25) is 0 Å². The van der Waals surface area contributed by atoms with Crippen LogP contribution in [0.5, 0.6) is 0 Å². The lowest BCUT2D eigenvalue weighted by Gasteiger charge is -2.34. The van der Waals surface area contributed by atoms with Crippen molar-refractivity contribution in [2.24, 2.45) is 0 Å². The average Bonchev–Trinajstić information content (AvgIpc) is 3.03. The Hall–Kier alpha value is -1.59. The van der Waals surface area contributed by atoms with Gasteiger partial charge in [0.25, 0.3) is 0 Å². The van der Waals surface area contributed by atoms with Crippen molar-refractivity contribution in [3.8, 4) is 0 Å². The van der Waals surface area contributed by atoms with Gasteiger partial charge in [-0.25, -0.2) is 4.79 Å². The number of aliphatic hydroxyl groups is 1. The topological polar surface area (TPSA) is 61.8 Å². The number of amides is 2. The van der Waals surface area contributed by atoms with Gasteiger partial charge in [0.1, 0.15) is 0 Å². The van der Waals surface area contributed by atoms with Crippen LogP contribution >= 0.6 is 0 Å². The predicted molar refractivity (Wildman–Crippen MR) is 97.3 cm³/mol. The zero-order valence-electron chi connectivity index (χ0n) is 15.2. The third-order valence-electron chi connectivity index (χ3n) is 5.34. The molecule has 1 aromatic rings. The molecule has 0 aliphatic carbocycles. The number of benzene rings is 1. The number of hydrogen-bond acceptors (Lipinski definition) is 3. The van der Waals surface area contributed by atoms with Crippen LogP contribution in [-0.2, 0) is 4.74 Å². The van der Waals surface area contributed by atoms with Crippen LogP contribution in [0.2, 0.25) is 0 Å². The van der Waals surface area contributed by atoms with Gasteiger partial charge in [-0.2, -0.15) is 0 Å². The Bertz CT molecular complexity index is 555. The third-order valence-corrected chi connectivity index (χ3v) is 5.34. The normalized spacial score (nSPS) is 30.9. The monoisotopic (exact) mass is 346 g/mol. The summed E-state index contributed by atoms with van der Waals surface area (Å²) in [5.74, 6) is 0. The Balaban J connectivity index is 1.56. The Kier molecular flexibility index (Phi) is 5.97. The van der Waals surface area contributed by atoms with Gasteiger partial charge in [-0.1, -0.05) is 30.3 Å². The van der Waals surface area contributed by atoms with Gasteiger partial charge < -0.3 is 20.1 Å². The number of likely N-dealkylation sites (tertiary alicyclic amines) is 1. The van der Waals surface area contributed by atoms with E-state index in [9.17, 15) is 9.90 Å². The van der Waals surface area contributed by atoms with E-state index in [2.05, 4.69) is 19.2 Å². The quantitative estimate of drug-likeness (QED) is 0.880. The van der Waals surface area contributed by atoms with E-state index in [0.717, 1.165) is 37.8 Å². The molecule has 4 atom stereocenters. The van der Waals surface area contributed by atoms with Crippen LogP contribution in [0.15, 0.2) is 30.3 Å². The van der Waals surface area contributed by atoms with Crippen LogP contribution in [0.4, 0.5) is 4.79 Å². The SMILES string of the molecule is CC1CC(NC(=O)N2CCCC2CC(O)c2ccccc2)CC(C)O1. The summed E-state index contributed by atoms with van der Waals surface area (Å²) in [5.41, 5.74) is 0.918. The van der Waals surface area contributed by atoms with Crippen molar-refractivity contribution < 1.29 is 14.6 Å². The fraction of sp³-hybridized carbons (Fsp3) is 0.650. The molecule has 2 saturated heterocycles. The number of nitrogens with one attached hydrogen (secondary N) is 1. The van der Waals surface area contributed by atoms with Gasteiger partial charge in [0.2, 0.25) is 0 Å². The number of hydrogen-bond donors (Lipinski definition) is 2. The third kappa shape index (κ3) is 4.73. The van der Waals surface area contributed by atoms with Crippen molar-refractivity contribution in [2.75, 3.05) is 6.54 Å². The van der Waals surface area contributed by atoms with Crippen LogP contribution in [-0.4, -0.2) is 46.9 Å². The summed E-state index contributed by atoms with van der Waals surface area (Å²) in [6.07, 6.45) is 4.12. The molecule has 2 aliphatic heterocycles. The highest BCUT2D eigenvalue weighted by Crippen LogP contribution is 2.28. The minimum Gasteiger partial charge on any atom is -0.388 e. The van der Waals surface area contributed by atoms with E-state index in [1.165, 1.54) is 0 Å². The number of ether oxygens (including phenoxy) is 1. The second kappa shape index (κ2) is 8.19. The van der Waals surface area contributed by atoms with Crippen LogP contribution in [0, 0.1) is 0 Å². The lowest BCUT2D eigenvalue weighted by Crippen LogP contribution is -2.50. The highest BCUT2D eigenvalue weighted by atomic mass is 16.5. The van der Waals surface area contributed by atoms with Crippen molar-refractivity contribution in [1.82, 2.24) is 10.2 Å². The molecule has 0 spiro atoms. The maximum atomic E-state index is 12.7. The predicted octanol–water partition coefficient (Wildman–Crippen LogP) is 3.24. The molecule has 25 heavy (non-hydrogen) atoms. The largest absolute Gasteiger partial charge is 0.388 e. The lowest BCUT2D eigenvalue weighted by atomic mass is 9.99. The number of carbonyl (C=O) groups is 1. The molecule has 138 valence electrons. The summed E-state index contributed by atoms with van der Waals surface area (Å²) in [6.45, 7) is 4.89. The zero-order chi connectivity index (χ0) is 17.8. The van der Waals surface area contributed by atoms with Gasteiger partial charge in [0.15, 0.2) is 0 Å². The standard InChI is InChI=1S/C20H30N2O3/c1-14-11-17(12-15(2)25-14)21-20(24)22-10-6-9-18(22)13-19(23)16-7-4-3-5-8-16/h3-5,7-8,14-15,17-19,23H,6,9-13H2,1-2H3,(H,21,24). The lowest BCUT2D eigenvalue weighted by molar-refractivity contribution is -0.0408. The number of carbonyl (C=O) groups excluding carboxylic acids is 1. The Morgan fingerprint density at radius 3 is 2.64 bits per heavy atom. The van der Waals surface area contributed by atoms with Crippen molar-refractivity contribution >= 4 is 6.03 Å². The minimum absolute atomic E-state index is 0.00839. The van der Waals surface area contributed by atoms with Crippen molar-refractivity contribution in [2.45, 2.75) is 76.3 Å². The Morgan fingerprint density at radius 2 is 1.96 bits per heavy atom. The van der Waals surface area contributed by atoms with Crippen molar-refractivity contribution in [3.05, 3.63) is 35.9 Å². The van der Waals surface area contributed by atoms with E-state index in [1.54, 1.807) is 0 Å². The van der Waals surface area contributed by atoms with Crippen molar-refractivity contribution in [3.63, 3.8) is 0 Å². The molecule has 0 bridgehead atoms. The van der Waals surface area contributed by atoms with Gasteiger partial charge >= 0.3 is 6.03 Å². The molecular formula is C20H30N2O3. The van der Waals surface area contributed by atoms with E-state index >= 15 is 0 Å². The molecule has 1 aromatic carbocycles. The van der Waals surface area contributed by atoms with E-state index < -0.39 is 6.10 Å². The fourth-order valence-corrected chi connectivity index (χ4v) is 4.20. The van der Waals surface area contributed by atoms with E-state index in [0.29, 0.717) is 6.42 Å². The molecule has 5 heteroatoms. The van der Waals surface area contributed by atoms with Gasteiger partial charge in [0.05, 0.1) is 18.3 Å². The second-order valence-corrected chi connectivity index (χ2v) is 7.53. The molecular weight excluding hydrogens is 316 g/mol. The molecule has 2 heterocycles. The van der Waals surface area contributed by atoms with Crippen LogP contribution in [0.1, 0.15) is 57.6 Å². The Labute approximate surface area is 150 Å². The molecule has 4 unspecified atom stereocenters. The Morgan fingerprint density at radius 1 is 1.28 bits per heavy atom. The first-order valence-corrected chi connectivity index (χ1v) is 9.48. The summed E-state index contributed by atoms with van der Waals surface area (Å²) in [5, 5.41) is 13.7. The summed E-state index contributed by atoms with van der Waals surface area (Å²) >= 11 is 0. The van der Waals surface area contributed by atoms with E-state index in [1.807, 2.05) is 35.2 Å². The van der Waals surface area contributed by atoms with Crippen LogP contribution in [0.3, 0.4) is 0 Å². The number of nitrogens with zero attached hydrogens (tertiary/aromatic N) is 1. The van der Waals surface area contributed by atoms with Crippen molar-refractivity contribution in [1.29, 1.82) is 0 Å². The minimum atomic E-state index is -0.525. The fourth-order valence-electron chi connectivity index (χ4n) is 4.20. The van der Waals surface area contributed by atoms with E-state index in [-0.39, 0.29) is 30.3 Å². The van der Waals surface area contributed by atoms with Gasteiger partial charge in [-0.05, 0) is 51.5 Å². The maximum absolute atomic E-state index is 12.7. The summed E-state index contributed by atoms with van der Waals surface area (Å²) in [4.78, 5) is 14.7. The zero-order valence-corrected chi connectivity index (χ0v) is 15.2. The number of aliphatic hydroxyl groups excluding tert-OH is 1. The first-order valence-electron chi connectivity index (χ1n) is 9.48. The summed E-state index contributed by atoms with van der Waals surface area (Å²) in [7, 11) is 0. The molecule has 0 saturated carbocycles. The first kappa shape index (κ1) is 18.2. The summed E-state index contributed by atoms with van der Waals surface area (Å²) in [6, 6.07) is 9.98. The highest BCUT2D eigenvalue weighted by molar-refractivity contribution is 5.75. The maximum Gasteiger partial charge on any atom is 0.317 e. The molecule has 0 aromatic heterocycles. The first-order chi connectivity index (χ1) is 12.0. The molecule has 2 amide bonds. The smallest absolute Gasteiger partial charge is 0.317 e. The highest BCUT2D eigenvalue weighted by Gasteiger charge is 2.33. The molecule has 3 rings (SSSR count). The molecule has 0 radical (unpaired) electrons. The van der Waals surface area contributed by atoms with Crippen LogP contribution in [0.25, 0.3) is 0 Å². The van der Waals surface area contributed by atoms with Crippen LogP contribution < -0.4 is 5.32 Å². The second-order valence-electron chi connectivity index (χ2n) is 7.53. The molecule has 2 N–H and O–H groups in total. The van der Waals surface area contributed by atoms with E-state index in [4.69, 9.17) is 4.74 Å². The molecule has 2 fully saturated rings. The summed E-state index contributed by atoms with van der Waals surface area (Å²) < 4.78 is 5.75. The average molecular weight is 346 g/mol. The van der Waals surface area contributed by atoms with Gasteiger partial charge in [0, 0.05) is 18.6 Å².